The number of nitrogens with one attached hydrogen (secondary N) is 2. The highest BCUT2D eigenvalue weighted by Crippen LogP contribution is 2.38. The highest BCUT2D eigenvalue weighted by atomic mass is 35.5. The molecule has 0 fully saturated rings. The third-order valence-electron chi connectivity index (χ3n) is 5.87. The zero-order valence-corrected chi connectivity index (χ0v) is 23.2. The first-order valence-corrected chi connectivity index (χ1v) is 12.8. The predicted octanol–water partition coefficient (Wildman–Crippen LogP) is 7.11. The van der Waals surface area contributed by atoms with Gasteiger partial charge in [0.05, 0.1) is 17.8 Å². The number of fused-ring (bicyclic) bond motifs is 1. The van der Waals surface area contributed by atoms with Crippen LogP contribution in [0.5, 0.6) is 11.5 Å². The van der Waals surface area contributed by atoms with E-state index in [0.29, 0.717) is 43.6 Å². The Bertz CT molecular complexity index is 1560. The first kappa shape index (κ1) is 29.8. The number of aryl methyl sites for hydroxylation is 1. The molecule has 8 nitrogen and oxygen atoms in total. The van der Waals surface area contributed by atoms with Crippen molar-refractivity contribution in [2.24, 2.45) is 0 Å². The molecule has 1 heterocycles. The quantitative estimate of drug-likeness (QED) is 0.223. The van der Waals surface area contributed by atoms with Crippen molar-refractivity contribution < 1.29 is 32.2 Å². The molecule has 0 aliphatic rings. The standard InChI is InChI=1S/C28H23Cl2F3N4O4/c1-16-25(26(19-6-3-4-9-23(19)35-16)40-15-20-21(29)7-5-8-22(20)30)37(2)24(38)14-34-27(39)36-17-10-12-18(13-11-17)41-28(31,32)33/h3-13H,14-15H2,1-2H3,(H2,34,36,39). The molecule has 0 saturated carbocycles. The molecule has 214 valence electrons. The highest BCUT2D eigenvalue weighted by molar-refractivity contribution is 6.36. The minimum atomic E-state index is -4.83. The molecule has 13 heteroatoms. The van der Waals surface area contributed by atoms with E-state index in [9.17, 15) is 22.8 Å². The van der Waals surface area contributed by atoms with Crippen molar-refractivity contribution in [3.8, 4) is 11.5 Å². The number of urea groups is 1. The second-order valence-corrected chi connectivity index (χ2v) is 9.53. The number of carbonyl (C=O) groups is 2. The molecular weight excluding hydrogens is 584 g/mol. The summed E-state index contributed by atoms with van der Waals surface area (Å²) in [5.74, 6) is -0.546. The fourth-order valence-corrected chi connectivity index (χ4v) is 4.47. The van der Waals surface area contributed by atoms with Gasteiger partial charge in [0.25, 0.3) is 0 Å². The molecule has 1 aromatic heterocycles. The summed E-state index contributed by atoms with van der Waals surface area (Å²) in [4.78, 5) is 31.4. The van der Waals surface area contributed by atoms with Gasteiger partial charge in [-0.25, -0.2) is 4.79 Å². The van der Waals surface area contributed by atoms with E-state index >= 15 is 0 Å². The monoisotopic (exact) mass is 606 g/mol. The van der Waals surface area contributed by atoms with Gasteiger partial charge in [-0.2, -0.15) is 0 Å². The maximum atomic E-state index is 13.1. The zero-order chi connectivity index (χ0) is 29.7. The van der Waals surface area contributed by atoms with Crippen molar-refractivity contribution in [1.82, 2.24) is 10.3 Å². The number of hydrogen-bond acceptors (Lipinski definition) is 5. The van der Waals surface area contributed by atoms with Crippen LogP contribution in [-0.4, -0.2) is 36.9 Å². The number of carbonyl (C=O) groups excluding carboxylic acids is 2. The second-order valence-electron chi connectivity index (χ2n) is 8.71. The lowest BCUT2D eigenvalue weighted by Gasteiger charge is -2.24. The molecule has 0 aliphatic carbocycles. The van der Waals surface area contributed by atoms with Gasteiger partial charge in [0.15, 0.2) is 5.75 Å². The number of halogens is 5. The van der Waals surface area contributed by atoms with Crippen LogP contribution in [-0.2, 0) is 11.4 Å². The maximum Gasteiger partial charge on any atom is 0.573 e. The Morgan fingerprint density at radius 3 is 2.29 bits per heavy atom. The number of amides is 3. The molecule has 0 spiro atoms. The lowest BCUT2D eigenvalue weighted by Crippen LogP contribution is -2.40. The van der Waals surface area contributed by atoms with Crippen molar-refractivity contribution >= 4 is 57.4 Å². The first-order chi connectivity index (χ1) is 19.4. The van der Waals surface area contributed by atoms with Gasteiger partial charge >= 0.3 is 12.4 Å². The lowest BCUT2D eigenvalue weighted by molar-refractivity contribution is -0.274. The number of nitrogens with zero attached hydrogens (tertiary/aromatic N) is 2. The summed E-state index contributed by atoms with van der Waals surface area (Å²) in [7, 11) is 1.52. The Morgan fingerprint density at radius 1 is 0.976 bits per heavy atom. The first-order valence-electron chi connectivity index (χ1n) is 12.0. The van der Waals surface area contributed by atoms with Gasteiger partial charge in [0.2, 0.25) is 5.91 Å². The Balaban J connectivity index is 1.49. The summed E-state index contributed by atoms with van der Waals surface area (Å²) < 4.78 is 47.0. The molecule has 4 rings (SSSR count). The molecular formula is C28H23Cl2F3N4O4. The van der Waals surface area contributed by atoms with Crippen molar-refractivity contribution in [2.45, 2.75) is 19.9 Å². The van der Waals surface area contributed by atoms with Crippen LogP contribution in [0.3, 0.4) is 0 Å². The molecule has 0 saturated heterocycles. The number of likely N-dealkylation sites (N-methyl/N-ethyl adjacent to an activating group) is 1. The number of hydrogen-bond donors (Lipinski definition) is 2. The average molecular weight is 607 g/mol. The predicted molar refractivity (Wildman–Crippen MR) is 151 cm³/mol. The molecule has 2 N–H and O–H groups in total. The molecule has 0 radical (unpaired) electrons. The Labute approximate surface area is 243 Å². The molecule has 3 amide bonds. The van der Waals surface area contributed by atoms with Crippen LogP contribution in [0.4, 0.5) is 29.3 Å². The molecule has 0 unspecified atom stereocenters. The van der Waals surface area contributed by atoms with Crippen LogP contribution < -0.4 is 25.0 Å². The van der Waals surface area contributed by atoms with E-state index in [1.807, 2.05) is 24.3 Å². The van der Waals surface area contributed by atoms with Crippen molar-refractivity contribution in [3.05, 3.63) is 88.0 Å². The molecule has 0 atom stereocenters. The summed E-state index contributed by atoms with van der Waals surface area (Å²) in [5, 5.41) is 6.38. The number of rotatable bonds is 8. The molecule has 4 aromatic rings. The summed E-state index contributed by atoms with van der Waals surface area (Å²) in [6.45, 7) is 1.35. The minimum absolute atomic E-state index is 0.0223. The van der Waals surface area contributed by atoms with Gasteiger partial charge in [-0.15, -0.1) is 13.2 Å². The number of benzene rings is 3. The van der Waals surface area contributed by atoms with Gasteiger partial charge < -0.3 is 25.0 Å². The summed E-state index contributed by atoms with van der Waals surface area (Å²) in [5.41, 5.74) is 2.32. The fraction of sp³-hybridized carbons (Fsp3) is 0.179. The van der Waals surface area contributed by atoms with Gasteiger partial charge in [-0.3, -0.25) is 9.78 Å². The summed E-state index contributed by atoms with van der Waals surface area (Å²) in [6.07, 6.45) is -4.83. The molecule has 41 heavy (non-hydrogen) atoms. The summed E-state index contributed by atoms with van der Waals surface area (Å²) >= 11 is 12.6. The Kier molecular flexibility index (Phi) is 9.09. The smallest absolute Gasteiger partial charge is 0.486 e. The topological polar surface area (TPSA) is 92.8 Å². The number of ether oxygens (including phenoxy) is 2. The number of pyridine rings is 1. The second kappa shape index (κ2) is 12.5. The Morgan fingerprint density at radius 2 is 1.63 bits per heavy atom. The molecule has 3 aromatic carbocycles. The minimum Gasteiger partial charge on any atom is -0.486 e. The number of aromatic nitrogens is 1. The number of para-hydroxylation sites is 1. The van der Waals surface area contributed by atoms with Crippen LogP contribution >= 0.6 is 23.2 Å². The van der Waals surface area contributed by atoms with E-state index in [1.165, 1.54) is 24.1 Å². The van der Waals surface area contributed by atoms with Crippen LogP contribution in [0.25, 0.3) is 10.9 Å². The van der Waals surface area contributed by atoms with Crippen LogP contribution in [0.2, 0.25) is 10.0 Å². The molecule has 0 bridgehead atoms. The highest BCUT2D eigenvalue weighted by Gasteiger charge is 2.31. The van der Waals surface area contributed by atoms with E-state index in [-0.39, 0.29) is 12.3 Å². The number of anilines is 2. The van der Waals surface area contributed by atoms with Crippen LogP contribution in [0, 0.1) is 6.92 Å². The number of alkyl halides is 3. The SMILES string of the molecule is Cc1nc2ccccc2c(OCc2c(Cl)cccc2Cl)c1N(C)C(=O)CNC(=O)Nc1ccc(OC(F)(F)F)cc1. The molecule has 0 aliphatic heterocycles. The Hall–Kier alpha value is -4.22. The maximum absolute atomic E-state index is 13.1. The van der Waals surface area contributed by atoms with Gasteiger partial charge in [0.1, 0.15) is 18.0 Å². The fourth-order valence-electron chi connectivity index (χ4n) is 3.96. The van der Waals surface area contributed by atoms with Crippen molar-refractivity contribution in [2.75, 3.05) is 23.8 Å². The average Bonchev–Trinajstić information content (AvgIpc) is 2.91. The van der Waals surface area contributed by atoms with Gasteiger partial charge in [0, 0.05) is 33.7 Å². The largest absolute Gasteiger partial charge is 0.573 e. The van der Waals surface area contributed by atoms with Crippen LogP contribution in [0.1, 0.15) is 11.3 Å². The normalized spacial score (nSPS) is 11.2. The van der Waals surface area contributed by atoms with E-state index in [0.717, 1.165) is 12.1 Å². The van der Waals surface area contributed by atoms with Crippen molar-refractivity contribution in [1.29, 1.82) is 0 Å². The zero-order valence-electron chi connectivity index (χ0n) is 21.7. The third kappa shape index (κ3) is 7.50. The van der Waals surface area contributed by atoms with E-state index in [1.54, 1.807) is 25.1 Å². The van der Waals surface area contributed by atoms with E-state index < -0.39 is 30.6 Å². The van der Waals surface area contributed by atoms with Gasteiger partial charge in [-0.05, 0) is 55.5 Å². The lowest BCUT2D eigenvalue weighted by atomic mass is 10.1. The van der Waals surface area contributed by atoms with Gasteiger partial charge in [-0.1, -0.05) is 41.4 Å². The van der Waals surface area contributed by atoms with Crippen LogP contribution in [0.15, 0.2) is 66.7 Å². The third-order valence-corrected chi connectivity index (χ3v) is 6.58. The van der Waals surface area contributed by atoms with E-state index in [2.05, 4.69) is 20.4 Å². The van der Waals surface area contributed by atoms with Crippen molar-refractivity contribution in [3.63, 3.8) is 0 Å². The van der Waals surface area contributed by atoms with E-state index in [4.69, 9.17) is 27.9 Å². The summed E-state index contributed by atoms with van der Waals surface area (Å²) in [6, 6.07) is 16.2.